The van der Waals surface area contributed by atoms with Crippen molar-refractivity contribution in [3.05, 3.63) is 23.3 Å². The van der Waals surface area contributed by atoms with Crippen LogP contribution in [0.25, 0.3) is 0 Å². The molecule has 0 bridgehead atoms. The van der Waals surface area contributed by atoms with Crippen LogP contribution in [-0.2, 0) is 6.42 Å². The van der Waals surface area contributed by atoms with E-state index in [0.717, 1.165) is 49.4 Å². The van der Waals surface area contributed by atoms with E-state index >= 15 is 0 Å². The molecule has 3 heterocycles. The second kappa shape index (κ2) is 4.37. The lowest BCUT2D eigenvalue weighted by Crippen LogP contribution is -2.46. The first-order valence-electron chi connectivity index (χ1n) is 8.23. The Hall–Kier alpha value is -1.30. The zero-order valence-corrected chi connectivity index (χ0v) is 12.5. The monoisotopic (exact) mass is 303 g/mol. The number of rotatable bonds is 0. The van der Waals surface area contributed by atoms with E-state index in [0.29, 0.717) is 6.42 Å². The minimum atomic E-state index is -0.696. The largest absolute Gasteiger partial charge is 0.454 e. The molecule has 1 aromatic carbocycles. The molecule has 1 saturated heterocycles. The molecule has 118 valence electrons. The van der Waals surface area contributed by atoms with Crippen LogP contribution in [0.1, 0.15) is 36.3 Å². The molecule has 22 heavy (non-hydrogen) atoms. The van der Waals surface area contributed by atoms with Gasteiger partial charge in [-0.15, -0.1) is 0 Å². The van der Waals surface area contributed by atoms with Crippen LogP contribution in [0.15, 0.2) is 12.1 Å². The molecule has 1 aromatic rings. The molecule has 5 heteroatoms. The summed E-state index contributed by atoms with van der Waals surface area (Å²) in [4.78, 5) is 2.50. The number of benzene rings is 1. The van der Waals surface area contributed by atoms with E-state index < -0.39 is 12.2 Å². The first-order chi connectivity index (χ1) is 10.7. The molecule has 1 aliphatic carbocycles. The maximum Gasteiger partial charge on any atom is 0.231 e. The molecule has 4 atom stereocenters. The van der Waals surface area contributed by atoms with Crippen molar-refractivity contribution in [1.29, 1.82) is 0 Å². The standard InChI is InChI=1S/C17H21NO4/c19-12-8-17-3-1-4-18(17)5-2-10-6-13-14(22-9-21-13)7-11(10)15(17)16(12)20/h6-7,12,15-16,19-20H,1-5,8-9H2/t12-,15+,16-,17-/m0/s1. The molecule has 2 N–H and O–H groups in total. The Kier molecular flexibility index (Phi) is 2.62. The highest BCUT2D eigenvalue weighted by Crippen LogP contribution is 2.55. The highest BCUT2D eigenvalue weighted by Gasteiger charge is 2.59. The quantitative estimate of drug-likeness (QED) is 0.749. The predicted molar refractivity (Wildman–Crippen MR) is 79.2 cm³/mol. The van der Waals surface area contributed by atoms with Gasteiger partial charge in [-0.1, -0.05) is 0 Å². The summed E-state index contributed by atoms with van der Waals surface area (Å²) in [5, 5.41) is 21.1. The van der Waals surface area contributed by atoms with Crippen molar-refractivity contribution in [2.45, 2.75) is 49.3 Å². The third-order valence-corrected chi connectivity index (χ3v) is 6.17. The Balaban J connectivity index is 1.70. The molecule has 5 rings (SSSR count). The van der Waals surface area contributed by atoms with Gasteiger partial charge in [-0.25, -0.2) is 0 Å². The maximum atomic E-state index is 10.7. The molecule has 2 fully saturated rings. The Morgan fingerprint density at radius 1 is 1.14 bits per heavy atom. The van der Waals surface area contributed by atoms with Crippen molar-refractivity contribution < 1.29 is 19.7 Å². The van der Waals surface area contributed by atoms with Gasteiger partial charge in [0.2, 0.25) is 6.79 Å². The average Bonchev–Trinajstić information content (AvgIpc) is 3.15. The van der Waals surface area contributed by atoms with Gasteiger partial charge in [0.25, 0.3) is 0 Å². The van der Waals surface area contributed by atoms with E-state index in [4.69, 9.17) is 9.47 Å². The second-order valence-corrected chi connectivity index (χ2v) is 7.09. The molecule has 3 aliphatic heterocycles. The molecule has 0 radical (unpaired) electrons. The van der Waals surface area contributed by atoms with E-state index in [1.165, 1.54) is 5.56 Å². The van der Waals surface area contributed by atoms with Crippen molar-refractivity contribution in [1.82, 2.24) is 4.90 Å². The third-order valence-electron chi connectivity index (χ3n) is 6.17. The topological polar surface area (TPSA) is 62.2 Å². The summed E-state index contributed by atoms with van der Waals surface area (Å²) in [6.45, 7) is 2.32. The summed E-state index contributed by atoms with van der Waals surface area (Å²) < 4.78 is 11.1. The summed E-state index contributed by atoms with van der Waals surface area (Å²) in [5.41, 5.74) is 2.30. The van der Waals surface area contributed by atoms with Crippen molar-refractivity contribution in [3.63, 3.8) is 0 Å². The van der Waals surface area contributed by atoms with E-state index in [1.807, 2.05) is 6.07 Å². The van der Waals surface area contributed by atoms with Crippen molar-refractivity contribution in [2.75, 3.05) is 19.9 Å². The lowest BCUT2D eigenvalue weighted by atomic mass is 9.78. The highest BCUT2D eigenvalue weighted by atomic mass is 16.7. The molecule has 1 spiro atoms. The van der Waals surface area contributed by atoms with Crippen LogP contribution in [0.3, 0.4) is 0 Å². The molecule has 1 saturated carbocycles. The van der Waals surface area contributed by atoms with Gasteiger partial charge in [-0.3, -0.25) is 4.90 Å². The average molecular weight is 303 g/mol. The summed E-state index contributed by atoms with van der Waals surface area (Å²) in [6, 6.07) is 4.12. The van der Waals surface area contributed by atoms with E-state index in [1.54, 1.807) is 0 Å². The van der Waals surface area contributed by atoms with Crippen molar-refractivity contribution >= 4 is 0 Å². The van der Waals surface area contributed by atoms with Crippen LogP contribution in [-0.4, -0.2) is 52.7 Å². The van der Waals surface area contributed by atoms with E-state index in [-0.39, 0.29) is 18.2 Å². The summed E-state index contributed by atoms with van der Waals surface area (Å²) in [7, 11) is 0. The van der Waals surface area contributed by atoms with Gasteiger partial charge < -0.3 is 19.7 Å². The highest BCUT2D eigenvalue weighted by molar-refractivity contribution is 5.52. The molecular formula is C17H21NO4. The number of ether oxygens (including phenoxy) is 2. The first kappa shape index (κ1) is 13.2. The number of aliphatic hydroxyl groups is 2. The number of hydrogen-bond acceptors (Lipinski definition) is 5. The fraction of sp³-hybridized carbons (Fsp3) is 0.647. The minimum Gasteiger partial charge on any atom is -0.454 e. The SMILES string of the molecule is O[C@@H]1[C@H]2c3cc4c(cc3CCN3CCC[C@]23C[C@@H]1O)OCO4. The first-order valence-corrected chi connectivity index (χ1v) is 8.23. The third kappa shape index (κ3) is 1.54. The zero-order valence-electron chi connectivity index (χ0n) is 12.5. The summed E-state index contributed by atoms with van der Waals surface area (Å²) >= 11 is 0. The van der Waals surface area contributed by atoms with Gasteiger partial charge in [0.05, 0.1) is 12.2 Å². The Bertz CT molecular complexity index is 633. The fourth-order valence-corrected chi connectivity index (χ4v) is 5.26. The number of fused-ring (bicyclic) bond motifs is 3. The van der Waals surface area contributed by atoms with Gasteiger partial charge in [0.15, 0.2) is 11.5 Å². The number of aliphatic hydroxyl groups excluding tert-OH is 2. The van der Waals surface area contributed by atoms with Crippen molar-refractivity contribution in [3.8, 4) is 11.5 Å². The van der Waals surface area contributed by atoms with Crippen LogP contribution in [0.5, 0.6) is 11.5 Å². The van der Waals surface area contributed by atoms with Gasteiger partial charge in [-0.05, 0) is 55.5 Å². The van der Waals surface area contributed by atoms with Crippen LogP contribution < -0.4 is 9.47 Å². The molecule has 0 unspecified atom stereocenters. The lowest BCUT2D eigenvalue weighted by molar-refractivity contribution is 0.0339. The van der Waals surface area contributed by atoms with Gasteiger partial charge in [-0.2, -0.15) is 0 Å². The maximum absolute atomic E-state index is 10.7. The van der Waals surface area contributed by atoms with Crippen LogP contribution in [0.4, 0.5) is 0 Å². The predicted octanol–water partition coefficient (Wildman–Crippen LogP) is 1.02. The van der Waals surface area contributed by atoms with E-state index in [2.05, 4.69) is 11.0 Å². The van der Waals surface area contributed by atoms with E-state index in [9.17, 15) is 10.2 Å². The number of nitrogens with zero attached hydrogens (tertiary/aromatic N) is 1. The molecule has 0 amide bonds. The summed E-state index contributed by atoms with van der Waals surface area (Å²) in [6.07, 6.45) is 2.51. The van der Waals surface area contributed by atoms with Gasteiger partial charge >= 0.3 is 0 Å². The van der Waals surface area contributed by atoms with Crippen molar-refractivity contribution in [2.24, 2.45) is 0 Å². The minimum absolute atomic E-state index is 0.0306. The van der Waals surface area contributed by atoms with Crippen LogP contribution >= 0.6 is 0 Å². The Morgan fingerprint density at radius 2 is 1.95 bits per heavy atom. The second-order valence-electron chi connectivity index (χ2n) is 7.09. The molecule has 0 aromatic heterocycles. The molecular weight excluding hydrogens is 282 g/mol. The summed E-state index contributed by atoms with van der Waals surface area (Å²) in [5.74, 6) is 1.55. The lowest BCUT2D eigenvalue weighted by Gasteiger charge is -2.39. The fourth-order valence-electron chi connectivity index (χ4n) is 5.26. The zero-order chi connectivity index (χ0) is 14.9. The molecule has 5 nitrogen and oxygen atoms in total. The molecule has 4 aliphatic rings. The van der Waals surface area contributed by atoms with Gasteiger partial charge in [0, 0.05) is 18.0 Å². The normalized spacial score (nSPS) is 39.3. The Labute approximate surface area is 129 Å². The van der Waals surface area contributed by atoms with Crippen LogP contribution in [0, 0.1) is 0 Å². The Morgan fingerprint density at radius 3 is 2.82 bits per heavy atom. The van der Waals surface area contributed by atoms with Crippen LogP contribution in [0.2, 0.25) is 0 Å². The number of hydrogen-bond donors (Lipinski definition) is 2. The smallest absolute Gasteiger partial charge is 0.231 e. The van der Waals surface area contributed by atoms with Gasteiger partial charge in [0.1, 0.15) is 0 Å².